The second-order valence-corrected chi connectivity index (χ2v) is 7.03. The highest BCUT2D eigenvalue weighted by Gasteiger charge is 2.44. The molecule has 5 heteroatoms. The van der Waals surface area contributed by atoms with Crippen molar-refractivity contribution < 1.29 is 14.3 Å². The number of benzene rings is 2. The summed E-state index contributed by atoms with van der Waals surface area (Å²) in [6, 6.07) is 16.9. The van der Waals surface area contributed by atoms with Crippen molar-refractivity contribution in [2.45, 2.75) is 18.9 Å². The summed E-state index contributed by atoms with van der Waals surface area (Å²) in [6.45, 7) is 0.155. The Kier molecular flexibility index (Phi) is 4.37. The van der Waals surface area contributed by atoms with Crippen LogP contribution in [0.3, 0.4) is 0 Å². The number of amides is 2. The van der Waals surface area contributed by atoms with Crippen LogP contribution in [0.25, 0.3) is 0 Å². The van der Waals surface area contributed by atoms with Gasteiger partial charge in [-0.2, -0.15) is 0 Å². The fourth-order valence-electron chi connectivity index (χ4n) is 3.55. The third kappa shape index (κ3) is 3.29. The van der Waals surface area contributed by atoms with Gasteiger partial charge in [0, 0.05) is 13.0 Å². The van der Waals surface area contributed by atoms with Crippen LogP contribution in [0.2, 0.25) is 0 Å². The lowest BCUT2D eigenvalue weighted by Crippen LogP contribution is -2.50. The van der Waals surface area contributed by atoms with E-state index in [1.54, 1.807) is 11.9 Å². The summed E-state index contributed by atoms with van der Waals surface area (Å²) < 4.78 is 5.75. The Morgan fingerprint density at radius 3 is 2.69 bits per heavy atom. The predicted octanol–water partition coefficient (Wildman–Crippen LogP) is 2.41. The molecule has 4 rings (SSSR count). The molecule has 0 aromatic heterocycles. The number of carbonyl (C=O) groups excluding carboxylic acids is 2. The predicted molar refractivity (Wildman–Crippen MR) is 99.0 cm³/mol. The van der Waals surface area contributed by atoms with Gasteiger partial charge in [-0.1, -0.05) is 42.5 Å². The van der Waals surface area contributed by atoms with Crippen LogP contribution in [0.15, 0.2) is 54.6 Å². The van der Waals surface area contributed by atoms with Crippen molar-refractivity contribution in [1.29, 1.82) is 0 Å². The molecule has 0 radical (unpaired) electrons. The number of hydrogen-bond acceptors (Lipinski definition) is 3. The van der Waals surface area contributed by atoms with E-state index in [0.717, 1.165) is 18.5 Å². The maximum atomic E-state index is 12.7. The molecule has 1 N–H and O–H groups in total. The van der Waals surface area contributed by atoms with Crippen LogP contribution < -0.4 is 15.0 Å². The van der Waals surface area contributed by atoms with E-state index in [1.165, 1.54) is 5.56 Å². The van der Waals surface area contributed by atoms with Crippen LogP contribution in [0.5, 0.6) is 5.75 Å². The van der Waals surface area contributed by atoms with Gasteiger partial charge in [-0.05, 0) is 36.5 Å². The molecule has 0 saturated heterocycles. The van der Waals surface area contributed by atoms with E-state index in [-0.39, 0.29) is 24.3 Å². The molecular weight excluding hydrogens is 328 g/mol. The molecule has 2 aromatic rings. The fraction of sp³-hybridized carbons (Fsp3) is 0.333. The van der Waals surface area contributed by atoms with Crippen LogP contribution in [0.4, 0.5) is 5.69 Å². The third-order valence-electron chi connectivity index (χ3n) is 5.18. The van der Waals surface area contributed by atoms with Gasteiger partial charge < -0.3 is 15.0 Å². The number of fused-ring (bicyclic) bond motifs is 1. The lowest BCUT2D eigenvalue weighted by molar-refractivity contribution is -0.128. The van der Waals surface area contributed by atoms with Crippen molar-refractivity contribution >= 4 is 17.5 Å². The van der Waals surface area contributed by atoms with E-state index in [2.05, 4.69) is 17.4 Å². The molecule has 2 amide bonds. The Labute approximate surface area is 153 Å². The van der Waals surface area contributed by atoms with Crippen LogP contribution in [-0.2, 0) is 16.0 Å². The van der Waals surface area contributed by atoms with Crippen molar-refractivity contribution in [3.8, 4) is 5.75 Å². The first kappa shape index (κ1) is 16.6. The summed E-state index contributed by atoms with van der Waals surface area (Å²) in [7, 11) is 1.71. The van der Waals surface area contributed by atoms with Gasteiger partial charge in [0.25, 0.3) is 5.91 Å². The molecule has 1 aliphatic heterocycles. The SMILES string of the molecule is CN1C(=O)[C@@H](NC(=O)[C@@H]2C[C@@H]2Cc2ccccc2)COc2ccccc21. The minimum Gasteiger partial charge on any atom is -0.489 e. The zero-order valence-electron chi connectivity index (χ0n) is 14.7. The standard InChI is InChI=1S/C21H22N2O3/c1-23-18-9-5-6-10-19(18)26-13-17(21(23)25)22-20(24)16-12-15(16)11-14-7-3-2-4-8-14/h2-10,15-17H,11-13H2,1H3,(H,22,24)/t15-,16+,17-/m0/s1. The molecular formula is C21H22N2O3. The second kappa shape index (κ2) is 6.83. The highest BCUT2D eigenvalue weighted by atomic mass is 16.5. The van der Waals surface area contributed by atoms with Crippen molar-refractivity contribution in [1.82, 2.24) is 5.32 Å². The number of carbonyl (C=O) groups is 2. The fourth-order valence-corrected chi connectivity index (χ4v) is 3.55. The topological polar surface area (TPSA) is 58.6 Å². The zero-order chi connectivity index (χ0) is 18.1. The highest BCUT2D eigenvalue weighted by molar-refractivity contribution is 6.01. The van der Waals surface area contributed by atoms with Crippen molar-refractivity contribution in [3.63, 3.8) is 0 Å². The molecule has 2 aliphatic rings. The van der Waals surface area contributed by atoms with Crippen molar-refractivity contribution in [2.75, 3.05) is 18.6 Å². The Hall–Kier alpha value is -2.82. The molecule has 1 heterocycles. The number of nitrogens with zero attached hydrogens (tertiary/aromatic N) is 1. The van der Waals surface area contributed by atoms with E-state index in [1.807, 2.05) is 42.5 Å². The Bertz CT molecular complexity index is 821. The molecule has 0 bridgehead atoms. The van der Waals surface area contributed by atoms with E-state index in [4.69, 9.17) is 4.74 Å². The van der Waals surface area contributed by atoms with Gasteiger partial charge in [-0.25, -0.2) is 0 Å². The molecule has 2 aromatic carbocycles. The third-order valence-corrected chi connectivity index (χ3v) is 5.18. The highest BCUT2D eigenvalue weighted by Crippen LogP contribution is 2.41. The van der Waals surface area contributed by atoms with Gasteiger partial charge in [0.15, 0.2) is 0 Å². The van der Waals surface area contributed by atoms with Crippen LogP contribution >= 0.6 is 0 Å². The van der Waals surface area contributed by atoms with Crippen LogP contribution in [0.1, 0.15) is 12.0 Å². The molecule has 134 valence electrons. The minimum absolute atomic E-state index is 0.0149. The second-order valence-electron chi connectivity index (χ2n) is 7.03. The Morgan fingerprint density at radius 2 is 1.88 bits per heavy atom. The van der Waals surface area contributed by atoms with E-state index >= 15 is 0 Å². The monoisotopic (exact) mass is 350 g/mol. The molecule has 1 aliphatic carbocycles. The largest absolute Gasteiger partial charge is 0.489 e. The summed E-state index contributed by atoms with van der Waals surface area (Å²) in [5.74, 6) is 0.803. The molecule has 0 spiro atoms. The summed E-state index contributed by atoms with van der Waals surface area (Å²) >= 11 is 0. The maximum Gasteiger partial charge on any atom is 0.252 e. The summed E-state index contributed by atoms with van der Waals surface area (Å²) in [4.78, 5) is 26.8. The lowest BCUT2D eigenvalue weighted by Gasteiger charge is -2.20. The number of hydrogen-bond donors (Lipinski definition) is 1. The van der Waals surface area contributed by atoms with Gasteiger partial charge in [-0.15, -0.1) is 0 Å². The molecule has 0 unspecified atom stereocenters. The zero-order valence-corrected chi connectivity index (χ0v) is 14.7. The number of anilines is 1. The average molecular weight is 350 g/mol. The minimum atomic E-state index is -0.655. The first-order valence-corrected chi connectivity index (χ1v) is 8.97. The van der Waals surface area contributed by atoms with Crippen molar-refractivity contribution in [2.24, 2.45) is 11.8 Å². The number of likely N-dealkylation sites (N-methyl/N-ethyl adjacent to an activating group) is 1. The van der Waals surface area contributed by atoms with Gasteiger partial charge >= 0.3 is 0 Å². The van der Waals surface area contributed by atoms with Crippen LogP contribution in [0, 0.1) is 11.8 Å². The first-order valence-electron chi connectivity index (χ1n) is 8.97. The molecule has 26 heavy (non-hydrogen) atoms. The summed E-state index contributed by atoms with van der Waals surface area (Å²) in [6.07, 6.45) is 1.78. The molecule has 1 saturated carbocycles. The van der Waals surface area contributed by atoms with Gasteiger partial charge in [0.2, 0.25) is 5.91 Å². The normalized spacial score (nSPS) is 24.3. The molecule has 5 nitrogen and oxygen atoms in total. The first-order chi connectivity index (χ1) is 12.6. The van der Waals surface area contributed by atoms with E-state index in [9.17, 15) is 9.59 Å². The van der Waals surface area contributed by atoms with E-state index in [0.29, 0.717) is 11.7 Å². The summed E-state index contributed by atoms with van der Waals surface area (Å²) in [5, 5.41) is 2.90. The molecule has 3 atom stereocenters. The smallest absolute Gasteiger partial charge is 0.252 e. The van der Waals surface area contributed by atoms with Crippen molar-refractivity contribution in [3.05, 3.63) is 60.2 Å². The maximum absolute atomic E-state index is 12.7. The quantitative estimate of drug-likeness (QED) is 0.921. The summed E-state index contributed by atoms with van der Waals surface area (Å²) in [5.41, 5.74) is 1.97. The number of ether oxygens (including phenoxy) is 1. The average Bonchev–Trinajstić information content (AvgIpc) is 3.44. The lowest BCUT2D eigenvalue weighted by atomic mass is 10.1. The number of nitrogens with one attached hydrogen (secondary N) is 1. The van der Waals surface area contributed by atoms with Crippen LogP contribution in [-0.4, -0.2) is 31.5 Å². The Balaban J connectivity index is 1.37. The Morgan fingerprint density at radius 1 is 1.15 bits per heavy atom. The van der Waals surface area contributed by atoms with Gasteiger partial charge in [-0.3, -0.25) is 9.59 Å². The van der Waals surface area contributed by atoms with Gasteiger partial charge in [0.1, 0.15) is 18.4 Å². The molecule has 1 fully saturated rings. The number of para-hydroxylation sites is 2. The van der Waals surface area contributed by atoms with Gasteiger partial charge in [0.05, 0.1) is 5.69 Å². The van der Waals surface area contributed by atoms with E-state index < -0.39 is 6.04 Å². The number of rotatable bonds is 4.